The first-order valence-corrected chi connectivity index (χ1v) is 6.41. The van der Waals surface area contributed by atoms with Gasteiger partial charge in [0.2, 0.25) is 0 Å². The molecule has 2 heteroatoms. The van der Waals surface area contributed by atoms with Crippen LogP contribution in [0.5, 0.6) is 0 Å². The second-order valence-corrected chi connectivity index (χ2v) is 6.80. The minimum Gasteiger partial charge on any atom is -0.308 e. The molecule has 94 valence electrons. The maximum absolute atomic E-state index is 12.2. The molecule has 0 saturated carbocycles. The van der Waals surface area contributed by atoms with E-state index in [1.165, 1.54) is 0 Å². The number of carbonyl (C=O) groups is 1. The lowest BCUT2D eigenvalue weighted by Crippen LogP contribution is -2.49. The Morgan fingerprint density at radius 1 is 1.38 bits per heavy atom. The highest BCUT2D eigenvalue weighted by Crippen LogP contribution is 2.38. The van der Waals surface area contributed by atoms with Crippen LogP contribution in [0.2, 0.25) is 0 Å². The predicted octanol–water partition coefficient (Wildman–Crippen LogP) is 3.01. The maximum atomic E-state index is 12.2. The van der Waals surface area contributed by atoms with Gasteiger partial charge in [0.15, 0.2) is 0 Å². The van der Waals surface area contributed by atoms with Gasteiger partial charge >= 0.3 is 0 Å². The van der Waals surface area contributed by atoms with E-state index in [0.717, 1.165) is 6.42 Å². The molecule has 2 nitrogen and oxygen atoms in total. The zero-order chi connectivity index (χ0) is 12.7. The van der Waals surface area contributed by atoms with Crippen LogP contribution >= 0.6 is 0 Å². The third-order valence-electron chi connectivity index (χ3n) is 4.40. The van der Waals surface area contributed by atoms with Crippen molar-refractivity contribution in [2.45, 2.75) is 66.5 Å². The van der Waals surface area contributed by atoms with Crippen LogP contribution in [0.1, 0.15) is 54.9 Å². The molecule has 1 aliphatic rings. The maximum Gasteiger partial charge on any atom is 0.142 e. The Morgan fingerprint density at radius 3 is 2.19 bits per heavy atom. The molecule has 1 N–H and O–H groups in total. The van der Waals surface area contributed by atoms with E-state index in [4.69, 9.17) is 0 Å². The molecule has 0 aliphatic carbocycles. The standard InChI is InChI=1S/C14H27NO/c1-9(2)12(16)13(4,5)11-8-10(3)14(6,7)15-11/h9-11,15H,8H2,1-7H3. The fraction of sp³-hybridized carbons (Fsp3) is 0.929. The minimum atomic E-state index is -0.254. The number of carbonyl (C=O) groups excluding carboxylic acids is 1. The van der Waals surface area contributed by atoms with Gasteiger partial charge in [-0.15, -0.1) is 0 Å². The van der Waals surface area contributed by atoms with Crippen molar-refractivity contribution in [2.24, 2.45) is 17.3 Å². The Balaban J connectivity index is 2.84. The largest absolute Gasteiger partial charge is 0.308 e. The zero-order valence-corrected chi connectivity index (χ0v) is 11.8. The third-order valence-corrected chi connectivity index (χ3v) is 4.40. The van der Waals surface area contributed by atoms with Gasteiger partial charge in [-0.05, 0) is 26.2 Å². The first-order valence-electron chi connectivity index (χ1n) is 6.41. The molecule has 2 unspecified atom stereocenters. The Kier molecular flexibility index (Phi) is 3.54. The normalized spacial score (nSPS) is 29.8. The molecule has 2 atom stereocenters. The number of Topliss-reactive ketones (excluding diaryl/α,β-unsaturated/α-hetero) is 1. The summed E-state index contributed by atoms with van der Waals surface area (Å²) in [5, 5.41) is 3.64. The average Bonchev–Trinajstić information content (AvgIpc) is 2.40. The van der Waals surface area contributed by atoms with E-state index in [2.05, 4.69) is 39.9 Å². The summed E-state index contributed by atoms with van der Waals surface area (Å²) < 4.78 is 0. The Morgan fingerprint density at radius 2 is 1.88 bits per heavy atom. The summed E-state index contributed by atoms with van der Waals surface area (Å²) in [6.07, 6.45) is 1.10. The van der Waals surface area contributed by atoms with Crippen molar-refractivity contribution in [1.82, 2.24) is 5.32 Å². The molecule has 0 bridgehead atoms. The highest BCUT2D eigenvalue weighted by Gasteiger charge is 2.46. The topological polar surface area (TPSA) is 29.1 Å². The fourth-order valence-corrected chi connectivity index (χ4v) is 2.69. The summed E-state index contributed by atoms with van der Waals surface area (Å²) in [6.45, 7) is 14.9. The van der Waals surface area contributed by atoms with Crippen molar-refractivity contribution < 1.29 is 4.79 Å². The Hall–Kier alpha value is -0.370. The van der Waals surface area contributed by atoms with Crippen LogP contribution in [-0.4, -0.2) is 17.4 Å². The third kappa shape index (κ3) is 2.32. The Labute approximate surface area is 100 Å². The van der Waals surface area contributed by atoms with E-state index in [-0.39, 0.29) is 16.9 Å². The summed E-state index contributed by atoms with van der Waals surface area (Å²) in [5.74, 6) is 1.11. The molecule has 1 heterocycles. The summed E-state index contributed by atoms with van der Waals surface area (Å²) >= 11 is 0. The van der Waals surface area contributed by atoms with Gasteiger partial charge in [-0.1, -0.05) is 34.6 Å². The second kappa shape index (κ2) is 4.14. The monoisotopic (exact) mass is 225 g/mol. The lowest BCUT2D eigenvalue weighted by atomic mass is 9.75. The van der Waals surface area contributed by atoms with E-state index in [0.29, 0.717) is 17.7 Å². The molecule has 0 spiro atoms. The molecule has 1 fully saturated rings. The molecule has 1 saturated heterocycles. The van der Waals surface area contributed by atoms with Gasteiger partial charge in [-0.2, -0.15) is 0 Å². The molecule has 0 amide bonds. The molecule has 0 aromatic carbocycles. The van der Waals surface area contributed by atoms with Crippen LogP contribution in [0, 0.1) is 17.3 Å². The van der Waals surface area contributed by atoms with Gasteiger partial charge in [0.25, 0.3) is 0 Å². The first kappa shape index (κ1) is 13.7. The van der Waals surface area contributed by atoms with Crippen molar-refractivity contribution in [3.63, 3.8) is 0 Å². The quantitative estimate of drug-likeness (QED) is 0.800. The number of nitrogens with one attached hydrogen (secondary N) is 1. The van der Waals surface area contributed by atoms with Crippen LogP contribution < -0.4 is 5.32 Å². The molecule has 0 aromatic rings. The number of hydrogen-bond donors (Lipinski definition) is 1. The van der Waals surface area contributed by atoms with Crippen molar-refractivity contribution in [1.29, 1.82) is 0 Å². The van der Waals surface area contributed by atoms with Crippen LogP contribution in [0.15, 0.2) is 0 Å². The summed E-state index contributed by atoms with van der Waals surface area (Å²) in [6, 6.07) is 0.312. The predicted molar refractivity (Wildman–Crippen MR) is 68.4 cm³/mol. The minimum absolute atomic E-state index is 0.121. The first-order chi connectivity index (χ1) is 7.09. The number of rotatable bonds is 3. The summed E-state index contributed by atoms with van der Waals surface area (Å²) in [5.41, 5.74) is -0.102. The second-order valence-electron chi connectivity index (χ2n) is 6.80. The van der Waals surface area contributed by atoms with Crippen molar-refractivity contribution in [3.05, 3.63) is 0 Å². The van der Waals surface area contributed by atoms with Gasteiger partial charge < -0.3 is 5.32 Å². The lowest BCUT2D eigenvalue weighted by Gasteiger charge is -2.33. The van der Waals surface area contributed by atoms with E-state index < -0.39 is 0 Å². The highest BCUT2D eigenvalue weighted by atomic mass is 16.1. The molecular formula is C14H27NO. The summed E-state index contributed by atoms with van der Waals surface area (Å²) in [7, 11) is 0. The van der Waals surface area contributed by atoms with E-state index in [1.807, 2.05) is 13.8 Å². The molecule has 1 rings (SSSR count). The van der Waals surface area contributed by atoms with E-state index >= 15 is 0 Å². The Bertz CT molecular complexity index is 278. The lowest BCUT2D eigenvalue weighted by molar-refractivity contribution is -0.131. The van der Waals surface area contributed by atoms with E-state index in [9.17, 15) is 4.79 Å². The van der Waals surface area contributed by atoms with E-state index in [1.54, 1.807) is 0 Å². The van der Waals surface area contributed by atoms with Gasteiger partial charge in [-0.25, -0.2) is 0 Å². The van der Waals surface area contributed by atoms with Crippen LogP contribution in [0.3, 0.4) is 0 Å². The fourth-order valence-electron chi connectivity index (χ4n) is 2.69. The average molecular weight is 225 g/mol. The van der Waals surface area contributed by atoms with Gasteiger partial charge in [-0.3, -0.25) is 4.79 Å². The van der Waals surface area contributed by atoms with Crippen molar-refractivity contribution >= 4 is 5.78 Å². The van der Waals surface area contributed by atoms with Crippen molar-refractivity contribution in [2.75, 3.05) is 0 Å². The molecule has 1 aliphatic heterocycles. The SMILES string of the molecule is CC(C)C(=O)C(C)(C)C1CC(C)C(C)(C)N1. The smallest absolute Gasteiger partial charge is 0.142 e. The van der Waals surface area contributed by atoms with Gasteiger partial charge in [0.05, 0.1) is 0 Å². The van der Waals surface area contributed by atoms with Crippen molar-refractivity contribution in [3.8, 4) is 0 Å². The molecule has 16 heavy (non-hydrogen) atoms. The van der Waals surface area contributed by atoms with Crippen LogP contribution in [0.4, 0.5) is 0 Å². The molecular weight excluding hydrogens is 198 g/mol. The number of ketones is 1. The number of hydrogen-bond acceptors (Lipinski definition) is 2. The van der Waals surface area contributed by atoms with Crippen LogP contribution in [-0.2, 0) is 4.79 Å². The van der Waals surface area contributed by atoms with Gasteiger partial charge in [0, 0.05) is 22.9 Å². The molecule has 0 radical (unpaired) electrons. The van der Waals surface area contributed by atoms with Gasteiger partial charge in [0.1, 0.15) is 5.78 Å². The van der Waals surface area contributed by atoms with Crippen LogP contribution in [0.25, 0.3) is 0 Å². The molecule has 0 aromatic heterocycles. The zero-order valence-electron chi connectivity index (χ0n) is 11.8. The summed E-state index contributed by atoms with van der Waals surface area (Å²) in [4.78, 5) is 12.2. The highest BCUT2D eigenvalue weighted by molar-refractivity contribution is 5.86.